The predicted octanol–water partition coefficient (Wildman–Crippen LogP) is 1.91. The summed E-state index contributed by atoms with van der Waals surface area (Å²) < 4.78 is 73.8. The van der Waals surface area contributed by atoms with Crippen LogP contribution in [0.5, 0.6) is 0 Å². The molecule has 2 atom stereocenters. The summed E-state index contributed by atoms with van der Waals surface area (Å²) in [5.41, 5.74) is -3.42. The van der Waals surface area contributed by atoms with Gasteiger partial charge in [0, 0.05) is 0 Å². The van der Waals surface area contributed by atoms with Crippen LogP contribution in [0.3, 0.4) is 0 Å². The van der Waals surface area contributed by atoms with Crippen molar-refractivity contribution in [2.75, 3.05) is 13.2 Å². The molecule has 2 aliphatic rings. The summed E-state index contributed by atoms with van der Waals surface area (Å²) in [6, 6.07) is 5.23. The summed E-state index contributed by atoms with van der Waals surface area (Å²) in [7, 11) is -5.79. The molecule has 0 bridgehead atoms. The van der Waals surface area contributed by atoms with Crippen molar-refractivity contribution in [3.05, 3.63) is 34.9 Å². The van der Waals surface area contributed by atoms with E-state index >= 15 is 0 Å². The normalized spacial score (nSPS) is 22.8. The van der Waals surface area contributed by atoms with E-state index in [1.165, 1.54) is 0 Å². The molecule has 132 valence electrons. The molecule has 2 heterocycles. The number of hydrogen-bond donors (Lipinski definition) is 1. The van der Waals surface area contributed by atoms with Crippen molar-refractivity contribution >= 4 is 16.1 Å². The van der Waals surface area contributed by atoms with Gasteiger partial charge in [-0.1, -0.05) is 6.07 Å². The Balaban J connectivity index is 1.65. The van der Waals surface area contributed by atoms with Crippen molar-refractivity contribution < 1.29 is 40.6 Å². The molecule has 7 nitrogen and oxygen atoms in total. The molecular weight excluding hydrogens is 355 g/mol. The number of hydrogen-bond acceptors (Lipinski definition) is 6. The molecule has 0 spiro atoms. The molecule has 1 aromatic carbocycles. The van der Waals surface area contributed by atoms with Crippen LogP contribution >= 0.6 is 0 Å². The quantitative estimate of drug-likeness (QED) is 0.799. The van der Waals surface area contributed by atoms with Gasteiger partial charge in [-0.05, 0) is 28.8 Å². The molecule has 2 aliphatic heterocycles. The van der Waals surface area contributed by atoms with Gasteiger partial charge in [0.05, 0.1) is 13.2 Å². The maximum Gasteiger partial charge on any atom is 0.516 e. The standard InChI is InChI=1S/C13H12F3NO6S/c14-13(15,16)24(19,20)17-12(18)23-4-7-1-8(10-5-21-10)3-9(2-7)11-6-22-11/h1-3,10-11H,4-6H2,(H,17,18). The van der Waals surface area contributed by atoms with Crippen LogP contribution in [0.4, 0.5) is 18.0 Å². The highest BCUT2D eigenvalue weighted by Crippen LogP contribution is 2.36. The van der Waals surface area contributed by atoms with Crippen LogP contribution in [-0.2, 0) is 30.8 Å². The smallest absolute Gasteiger partial charge is 0.444 e. The number of sulfonamides is 1. The molecule has 24 heavy (non-hydrogen) atoms. The van der Waals surface area contributed by atoms with E-state index in [2.05, 4.69) is 4.74 Å². The van der Waals surface area contributed by atoms with E-state index in [0.717, 1.165) is 15.8 Å². The summed E-state index contributed by atoms with van der Waals surface area (Å²) in [4.78, 5) is 11.3. The van der Waals surface area contributed by atoms with E-state index in [9.17, 15) is 26.4 Å². The topological polar surface area (TPSA) is 97.5 Å². The van der Waals surface area contributed by atoms with Gasteiger partial charge in [0.2, 0.25) is 0 Å². The molecule has 0 aromatic heterocycles. The lowest BCUT2D eigenvalue weighted by molar-refractivity contribution is -0.0447. The third-order valence-corrected chi connectivity index (χ3v) is 4.38. The van der Waals surface area contributed by atoms with Crippen molar-refractivity contribution in [3.8, 4) is 0 Å². The second-order valence-corrected chi connectivity index (χ2v) is 6.95. The average Bonchev–Trinajstić information content (AvgIpc) is 3.37. The minimum atomic E-state index is -5.79. The highest BCUT2D eigenvalue weighted by Gasteiger charge is 2.47. The van der Waals surface area contributed by atoms with Gasteiger partial charge >= 0.3 is 21.6 Å². The predicted molar refractivity (Wildman–Crippen MR) is 72.1 cm³/mol. The number of halogens is 3. The summed E-state index contributed by atoms with van der Waals surface area (Å²) in [6.07, 6.45) is -1.84. The molecule has 2 fully saturated rings. The first-order chi connectivity index (χ1) is 11.2. The number of carbonyl (C=O) groups excluding carboxylic acids is 1. The summed E-state index contributed by atoms with van der Waals surface area (Å²) >= 11 is 0. The highest BCUT2D eigenvalue weighted by molar-refractivity contribution is 7.90. The van der Waals surface area contributed by atoms with Crippen molar-refractivity contribution in [3.63, 3.8) is 0 Å². The van der Waals surface area contributed by atoms with Crippen LogP contribution in [-0.4, -0.2) is 33.2 Å². The summed E-state index contributed by atoms with van der Waals surface area (Å²) in [5.74, 6) is 0. The lowest BCUT2D eigenvalue weighted by atomic mass is 10.0. The second-order valence-electron chi connectivity index (χ2n) is 5.28. The Morgan fingerprint density at radius 1 is 1.17 bits per heavy atom. The van der Waals surface area contributed by atoms with Crippen LogP contribution in [0.25, 0.3) is 0 Å². The molecule has 0 saturated carbocycles. The monoisotopic (exact) mass is 367 g/mol. The van der Waals surface area contributed by atoms with Crippen molar-refractivity contribution in [2.24, 2.45) is 0 Å². The van der Waals surface area contributed by atoms with E-state index < -0.39 is 21.6 Å². The number of epoxide rings is 2. The van der Waals surface area contributed by atoms with Crippen LogP contribution in [0, 0.1) is 0 Å². The first-order valence-electron chi connectivity index (χ1n) is 6.78. The zero-order chi connectivity index (χ0) is 17.5. The third kappa shape index (κ3) is 3.97. The van der Waals surface area contributed by atoms with Crippen molar-refractivity contribution in [2.45, 2.75) is 24.3 Å². The highest BCUT2D eigenvalue weighted by atomic mass is 32.2. The molecule has 3 rings (SSSR count). The fraction of sp³-hybridized carbons (Fsp3) is 0.462. The van der Waals surface area contributed by atoms with Crippen LogP contribution in [0.2, 0.25) is 0 Å². The minimum absolute atomic E-state index is 0.0677. The van der Waals surface area contributed by atoms with E-state index in [4.69, 9.17) is 9.47 Å². The summed E-state index contributed by atoms with van der Waals surface area (Å²) in [5, 5.41) is 0. The van der Waals surface area contributed by atoms with E-state index in [-0.39, 0.29) is 18.8 Å². The molecule has 1 N–H and O–H groups in total. The van der Waals surface area contributed by atoms with Crippen LogP contribution < -0.4 is 4.72 Å². The van der Waals surface area contributed by atoms with Gasteiger partial charge in [-0.25, -0.2) is 9.52 Å². The minimum Gasteiger partial charge on any atom is -0.444 e. The van der Waals surface area contributed by atoms with Gasteiger partial charge in [0.25, 0.3) is 0 Å². The van der Waals surface area contributed by atoms with Gasteiger partial charge in [-0.3, -0.25) is 0 Å². The maximum atomic E-state index is 12.2. The number of benzene rings is 1. The molecule has 11 heteroatoms. The average molecular weight is 367 g/mol. The van der Waals surface area contributed by atoms with Gasteiger partial charge in [-0.15, -0.1) is 0 Å². The third-order valence-electron chi connectivity index (χ3n) is 3.34. The first-order valence-corrected chi connectivity index (χ1v) is 8.27. The van der Waals surface area contributed by atoms with Gasteiger partial charge in [0.1, 0.15) is 18.8 Å². The summed E-state index contributed by atoms with van der Waals surface area (Å²) in [6.45, 7) is 0.721. The number of rotatable bonds is 5. The molecule has 1 amide bonds. The Morgan fingerprint density at radius 2 is 1.67 bits per heavy atom. The number of alkyl halides is 3. The number of ether oxygens (including phenoxy) is 3. The van der Waals surface area contributed by atoms with E-state index in [0.29, 0.717) is 18.8 Å². The first kappa shape index (κ1) is 17.0. The lowest BCUT2D eigenvalue weighted by Gasteiger charge is -2.11. The molecule has 2 saturated heterocycles. The van der Waals surface area contributed by atoms with E-state index in [1.807, 2.05) is 6.07 Å². The molecule has 1 aromatic rings. The Morgan fingerprint density at radius 3 is 2.08 bits per heavy atom. The maximum absolute atomic E-state index is 12.2. The lowest BCUT2D eigenvalue weighted by Crippen LogP contribution is -2.40. The Hall–Kier alpha value is -1.85. The van der Waals surface area contributed by atoms with Gasteiger partial charge in [0.15, 0.2) is 0 Å². The number of carbonyl (C=O) groups is 1. The van der Waals surface area contributed by atoms with Crippen LogP contribution in [0.1, 0.15) is 28.9 Å². The molecule has 2 unspecified atom stereocenters. The number of nitrogens with one attached hydrogen (secondary N) is 1. The van der Waals surface area contributed by atoms with Gasteiger partial charge in [-0.2, -0.15) is 21.6 Å². The van der Waals surface area contributed by atoms with Crippen molar-refractivity contribution in [1.82, 2.24) is 4.72 Å². The SMILES string of the molecule is O=C(NS(=O)(=O)C(F)(F)F)OCc1cc(C2CO2)cc(C2CO2)c1. The Labute approximate surface area is 134 Å². The van der Waals surface area contributed by atoms with Crippen molar-refractivity contribution in [1.29, 1.82) is 0 Å². The number of amides is 1. The Bertz CT molecular complexity index is 725. The largest absolute Gasteiger partial charge is 0.516 e. The molecular formula is C13H12F3NO6S. The molecule has 0 aliphatic carbocycles. The fourth-order valence-electron chi connectivity index (χ4n) is 2.03. The zero-order valence-corrected chi connectivity index (χ0v) is 12.8. The second kappa shape index (κ2) is 5.90. The van der Waals surface area contributed by atoms with E-state index in [1.54, 1.807) is 12.1 Å². The fourth-order valence-corrected chi connectivity index (χ4v) is 2.42. The Kier molecular flexibility index (Phi) is 4.18. The molecule has 0 radical (unpaired) electrons. The van der Waals surface area contributed by atoms with Gasteiger partial charge < -0.3 is 14.2 Å². The van der Waals surface area contributed by atoms with Crippen LogP contribution in [0.15, 0.2) is 18.2 Å². The zero-order valence-electron chi connectivity index (χ0n) is 12.0.